The fourth-order valence-electron chi connectivity index (χ4n) is 4.75. The molecule has 0 unspecified atom stereocenters. The summed E-state index contributed by atoms with van der Waals surface area (Å²) in [6.45, 7) is 33.2. The predicted molar refractivity (Wildman–Crippen MR) is 176 cm³/mol. The standard InChI is InChI=1S/C32H60N2O7Si2/c1-29(2,3)39-27(36)33-22(23-19-20-26(35)34(23)28(37)40-30(4,5)6)17-18-24(33)25(41-43(15,16)32(10,11)12)21-38-42(13,14)31(7,8)9/h19-20,22-25H,17-18,21H2,1-16H3/t22-,23+,24+,25+/m0/s1. The van der Waals surface area contributed by atoms with E-state index in [-0.39, 0.29) is 16.1 Å². The molecule has 11 heteroatoms. The van der Waals surface area contributed by atoms with Crippen LogP contribution in [0.25, 0.3) is 0 Å². The van der Waals surface area contributed by atoms with Crippen LogP contribution < -0.4 is 0 Å². The molecule has 2 aliphatic heterocycles. The zero-order chi connectivity index (χ0) is 33.6. The van der Waals surface area contributed by atoms with Crippen LogP contribution in [-0.4, -0.2) is 86.6 Å². The summed E-state index contributed by atoms with van der Waals surface area (Å²) in [6, 6.07) is -1.56. The minimum atomic E-state index is -2.31. The summed E-state index contributed by atoms with van der Waals surface area (Å²) >= 11 is 0. The third-order valence-electron chi connectivity index (χ3n) is 9.13. The van der Waals surface area contributed by atoms with Crippen LogP contribution in [0.15, 0.2) is 12.2 Å². The van der Waals surface area contributed by atoms with Crippen molar-refractivity contribution in [1.29, 1.82) is 0 Å². The largest absolute Gasteiger partial charge is 0.444 e. The number of imide groups is 1. The van der Waals surface area contributed by atoms with Gasteiger partial charge in [0.2, 0.25) is 0 Å². The Morgan fingerprint density at radius 2 is 1.30 bits per heavy atom. The van der Waals surface area contributed by atoms with Crippen molar-refractivity contribution in [2.45, 2.75) is 168 Å². The highest BCUT2D eigenvalue weighted by Crippen LogP contribution is 2.42. The Bertz CT molecular complexity index is 1060. The number of carbonyl (C=O) groups is 3. The van der Waals surface area contributed by atoms with Gasteiger partial charge in [-0.15, -0.1) is 0 Å². The van der Waals surface area contributed by atoms with Crippen LogP contribution in [0, 0.1) is 0 Å². The summed E-state index contributed by atoms with van der Waals surface area (Å²) in [5.41, 5.74) is -1.52. The van der Waals surface area contributed by atoms with Crippen molar-refractivity contribution >= 4 is 34.7 Å². The lowest BCUT2D eigenvalue weighted by Crippen LogP contribution is -2.59. The minimum absolute atomic E-state index is 0.000504. The van der Waals surface area contributed by atoms with E-state index in [1.807, 2.05) is 20.8 Å². The summed E-state index contributed by atoms with van der Waals surface area (Å²) in [7, 11) is -4.46. The molecule has 43 heavy (non-hydrogen) atoms. The van der Waals surface area contributed by atoms with Gasteiger partial charge in [-0.3, -0.25) is 9.69 Å². The number of hydrogen-bond donors (Lipinski definition) is 0. The molecule has 0 N–H and O–H groups in total. The maximum Gasteiger partial charge on any atom is 0.417 e. The van der Waals surface area contributed by atoms with E-state index in [9.17, 15) is 14.4 Å². The second-order valence-corrected chi connectivity index (χ2v) is 26.7. The second-order valence-electron chi connectivity index (χ2n) is 17.1. The van der Waals surface area contributed by atoms with E-state index in [0.29, 0.717) is 19.4 Å². The summed E-state index contributed by atoms with van der Waals surface area (Å²) in [6.07, 6.45) is 2.63. The van der Waals surface area contributed by atoms with E-state index in [2.05, 4.69) is 67.7 Å². The summed E-state index contributed by atoms with van der Waals surface area (Å²) in [5, 5.41) is -0.0639. The van der Waals surface area contributed by atoms with Crippen molar-refractivity contribution < 1.29 is 32.7 Å². The van der Waals surface area contributed by atoms with Crippen molar-refractivity contribution in [2.24, 2.45) is 0 Å². The third kappa shape index (κ3) is 9.40. The highest BCUT2D eigenvalue weighted by Gasteiger charge is 2.52. The number of hydrogen-bond acceptors (Lipinski definition) is 7. The zero-order valence-electron chi connectivity index (χ0n) is 29.8. The molecule has 2 heterocycles. The smallest absolute Gasteiger partial charge is 0.417 e. The van der Waals surface area contributed by atoms with E-state index in [4.69, 9.17) is 18.3 Å². The average molecular weight is 641 g/mol. The molecule has 2 rings (SSSR count). The molecule has 248 valence electrons. The van der Waals surface area contributed by atoms with Crippen LogP contribution >= 0.6 is 0 Å². The maximum absolute atomic E-state index is 14.0. The molecule has 4 atom stereocenters. The normalized spacial score (nSPS) is 23.2. The van der Waals surface area contributed by atoms with Crippen LogP contribution in [0.1, 0.15) is 95.9 Å². The molecule has 0 aromatic rings. The molecule has 9 nitrogen and oxygen atoms in total. The fraction of sp³-hybridized carbons (Fsp3) is 0.844. The van der Waals surface area contributed by atoms with E-state index >= 15 is 0 Å². The molecule has 0 saturated carbocycles. The van der Waals surface area contributed by atoms with Crippen molar-refractivity contribution in [3.63, 3.8) is 0 Å². The SMILES string of the molecule is CC(C)(C)OC(=O)N1C(=O)C=C[C@@H]1[C@@H]1CC[C@H]([C@@H](CO[Si](C)(C)C(C)(C)C)O[Si](C)(C)C(C)(C)C)N1C(=O)OC(C)(C)C. The molecule has 0 aromatic carbocycles. The number of rotatable bonds is 7. The van der Waals surface area contributed by atoms with Crippen LogP contribution in [0.4, 0.5) is 9.59 Å². The van der Waals surface area contributed by atoms with Crippen molar-refractivity contribution in [2.75, 3.05) is 6.61 Å². The Labute approximate surface area is 263 Å². The van der Waals surface area contributed by atoms with Gasteiger partial charge in [0.15, 0.2) is 16.6 Å². The van der Waals surface area contributed by atoms with Gasteiger partial charge >= 0.3 is 12.2 Å². The molecule has 0 radical (unpaired) electrons. The Morgan fingerprint density at radius 1 is 0.814 bits per heavy atom. The number of carbonyl (C=O) groups excluding carboxylic acids is 3. The predicted octanol–water partition coefficient (Wildman–Crippen LogP) is 7.87. The van der Waals surface area contributed by atoms with Gasteiger partial charge < -0.3 is 18.3 Å². The van der Waals surface area contributed by atoms with E-state index in [1.54, 1.807) is 31.7 Å². The summed E-state index contributed by atoms with van der Waals surface area (Å²) in [5.74, 6) is -0.456. The molecule has 0 aliphatic carbocycles. The molecular formula is C32H60N2O7Si2. The lowest BCUT2D eigenvalue weighted by atomic mass is 10.1. The molecule has 0 bridgehead atoms. The van der Waals surface area contributed by atoms with E-state index < -0.39 is 64.1 Å². The first-order valence-electron chi connectivity index (χ1n) is 15.7. The average Bonchev–Trinajstić information content (AvgIpc) is 3.36. The van der Waals surface area contributed by atoms with Crippen molar-refractivity contribution in [3.05, 3.63) is 12.2 Å². The lowest BCUT2D eigenvalue weighted by Gasteiger charge is -2.45. The molecule has 1 saturated heterocycles. The Hall–Kier alpha value is -1.70. The lowest BCUT2D eigenvalue weighted by molar-refractivity contribution is -0.126. The molecule has 1 fully saturated rings. The number of amides is 3. The first-order chi connectivity index (χ1) is 19.1. The van der Waals surface area contributed by atoms with E-state index in [0.717, 1.165) is 4.90 Å². The van der Waals surface area contributed by atoms with Crippen LogP contribution in [-0.2, 0) is 23.1 Å². The second kappa shape index (κ2) is 12.6. The van der Waals surface area contributed by atoms with Gasteiger partial charge in [0.05, 0.1) is 30.8 Å². The zero-order valence-corrected chi connectivity index (χ0v) is 31.8. The number of nitrogens with zero attached hydrogens (tertiary/aromatic N) is 2. The van der Waals surface area contributed by atoms with Crippen molar-refractivity contribution in [3.8, 4) is 0 Å². The highest BCUT2D eigenvalue weighted by molar-refractivity contribution is 6.74. The minimum Gasteiger partial charge on any atom is -0.444 e. The fourth-order valence-corrected chi connectivity index (χ4v) is 7.10. The molecular weight excluding hydrogens is 581 g/mol. The van der Waals surface area contributed by atoms with Gasteiger partial charge in [-0.1, -0.05) is 47.6 Å². The topological polar surface area (TPSA) is 94.6 Å². The Kier molecular flexibility index (Phi) is 11.0. The summed E-state index contributed by atoms with van der Waals surface area (Å²) in [4.78, 5) is 43.1. The van der Waals surface area contributed by atoms with Gasteiger partial charge in [0, 0.05) is 6.08 Å². The Balaban J connectivity index is 2.58. The Morgan fingerprint density at radius 3 is 1.77 bits per heavy atom. The van der Waals surface area contributed by atoms with Crippen LogP contribution in [0.5, 0.6) is 0 Å². The van der Waals surface area contributed by atoms with Gasteiger partial charge in [0.25, 0.3) is 5.91 Å². The van der Waals surface area contributed by atoms with E-state index in [1.165, 1.54) is 6.08 Å². The van der Waals surface area contributed by atoms with Gasteiger partial charge in [0.1, 0.15) is 11.2 Å². The number of likely N-dealkylation sites (tertiary alicyclic amines) is 1. The molecule has 0 aromatic heterocycles. The first kappa shape index (κ1) is 37.5. The third-order valence-corrected chi connectivity index (χ3v) is 18.1. The van der Waals surface area contributed by atoms with Crippen LogP contribution in [0.3, 0.4) is 0 Å². The van der Waals surface area contributed by atoms with Gasteiger partial charge in [-0.05, 0) is 90.6 Å². The van der Waals surface area contributed by atoms with Crippen LogP contribution in [0.2, 0.25) is 36.3 Å². The summed E-state index contributed by atoms with van der Waals surface area (Å²) < 4.78 is 25.4. The van der Waals surface area contributed by atoms with Crippen molar-refractivity contribution in [1.82, 2.24) is 9.80 Å². The van der Waals surface area contributed by atoms with Gasteiger partial charge in [-0.2, -0.15) is 0 Å². The van der Waals surface area contributed by atoms with Gasteiger partial charge in [-0.25, -0.2) is 14.5 Å². The molecule has 3 amide bonds. The molecule has 2 aliphatic rings. The maximum atomic E-state index is 14.0. The highest BCUT2D eigenvalue weighted by atomic mass is 28.4. The first-order valence-corrected chi connectivity index (χ1v) is 21.5. The quantitative estimate of drug-likeness (QED) is 0.261. The number of ether oxygens (including phenoxy) is 2. The monoisotopic (exact) mass is 640 g/mol. The molecule has 0 spiro atoms.